The van der Waals surface area contributed by atoms with E-state index in [0.29, 0.717) is 25.9 Å². The number of aromatic nitrogens is 1. The second kappa shape index (κ2) is 14.7. The maximum atomic E-state index is 13.7. The molecule has 1 aromatic heterocycles. The van der Waals surface area contributed by atoms with Gasteiger partial charge >= 0.3 is 12.2 Å². The summed E-state index contributed by atoms with van der Waals surface area (Å²) < 4.78 is 23.4. The fraction of sp³-hybridized carbons (Fsp3) is 0.406. The molecule has 3 aromatic rings. The summed E-state index contributed by atoms with van der Waals surface area (Å²) in [6.07, 6.45) is 1.59. The molecular weight excluding hydrogens is 621 g/mol. The van der Waals surface area contributed by atoms with Crippen molar-refractivity contribution in [3.05, 3.63) is 65.1 Å². The number of ketones is 2. The van der Waals surface area contributed by atoms with Crippen molar-refractivity contribution >= 4 is 40.6 Å². The lowest BCUT2D eigenvalue weighted by molar-refractivity contribution is -0.138. The SMILES string of the molecule is O=C(C(=O)C1CCN(C(=O)OCO)CC1)c1cn(C(=O)OCO)c2cc(OO)c(C(=O)N3CCC(Cc4ccc(F)cc4)CC3)cc12. The average molecular weight is 656 g/mol. The van der Waals surface area contributed by atoms with Crippen LogP contribution in [0.15, 0.2) is 42.6 Å². The van der Waals surface area contributed by atoms with Crippen LogP contribution in [-0.4, -0.2) is 99.3 Å². The molecule has 0 bridgehead atoms. The molecule has 2 aromatic carbocycles. The zero-order valence-electron chi connectivity index (χ0n) is 25.3. The van der Waals surface area contributed by atoms with Crippen LogP contribution in [0.25, 0.3) is 10.9 Å². The number of hydrogen-bond acceptors (Lipinski definition) is 11. The highest BCUT2D eigenvalue weighted by Crippen LogP contribution is 2.33. The molecule has 2 amide bonds. The van der Waals surface area contributed by atoms with Crippen LogP contribution in [0, 0.1) is 17.7 Å². The van der Waals surface area contributed by atoms with Gasteiger partial charge < -0.3 is 34.4 Å². The molecule has 2 aliphatic rings. The van der Waals surface area contributed by atoms with Crippen molar-refractivity contribution in [2.24, 2.45) is 11.8 Å². The Morgan fingerprint density at radius 1 is 0.809 bits per heavy atom. The number of ether oxygens (including phenoxy) is 2. The lowest BCUT2D eigenvalue weighted by atomic mass is 9.88. The molecule has 0 radical (unpaired) electrons. The van der Waals surface area contributed by atoms with E-state index in [1.54, 1.807) is 17.0 Å². The first kappa shape index (κ1) is 33.5. The summed E-state index contributed by atoms with van der Waals surface area (Å²) in [5, 5.41) is 27.7. The lowest BCUT2D eigenvalue weighted by Gasteiger charge is -2.32. The van der Waals surface area contributed by atoms with E-state index in [1.807, 2.05) is 0 Å². The van der Waals surface area contributed by atoms with Gasteiger partial charge in [-0.1, -0.05) is 12.1 Å². The quantitative estimate of drug-likeness (QED) is 0.101. The number of likely N-dealkylation sites (tertiary alicyclic amines) is 2. The predicted octanol–water partition coefficient (Wildman–Crippen LogP) is 3.21. The van der Waals surface area contributed by atoms with E-state index in [4.69, 9.17) is 10.2 Å². The number of fused-ring (bicyclic) bond motifs is 1. The molecule has 2 fully saturated rings. The zero-order chi connectivity index (χ0) is 33.7. The van der Waals surface area contributed by atoms with Crippen molar-refractivity contribution in [2.45, 2.75) is 32.1 Å². The van der Waals surface area contributed by atoms with Crippen molar-refractivity contribution in [1.29, 1.82) is 0 Å². The van der Waals surface area contributed by atoms with E-state index < -0.39 is 49.2 Å². The molecule has 2 saturated heterocycles. The van der Waals surface area contributed by atoms with Crippen LogP contribution in [0.1, 0.15) is 52.0 Å². The maximum absolute atomic E-state index is 13.7. The van der Waals surface area contributed by atoms with E-state index in [9.17, 15) is 33.6 Å². The van der Waals surface area contributed by atoms with Crippen LogP contribution < -0.4 is 4.89 Å². The van der Waals surface area contributed by atoms with Gasteiger partial charge in [-0.3, -0.25) is 19.0 Å². The van der Waals surface area contributed by atoms with Crippen molar-refractivity contribution in [2.75, 3.05) is 39.8 Å². The molecule has 2 aliphatic heterocycles. The minimum absolute atomic E-state index is 0.0280. The summed E-state index contributed by atoms with van der Waals surface area (Å²) in [7, 11) is 0. The topological polar surface area (TPSA) is 185 Å². The third-order valence-electron chi connectivity index (χ3n) is 8.74. The van der Waals surface area contributed by atoms with E-state index >= 15 is 0 Å². The first-order chi connectivity index (χ1) is 22.6. The smallest absolute Gasteiger partial charge is 0.420 e. The van der Waals surface area contributed by atoms with E-state index in [2.05, 4.69) is 14.4 Å². The summed E-state index contributed by atoms with van der Waals surface area (Å²) >= 11 is 0. The largest absolute Gasteiger partial charge is 0.422 e. The van der Waals surface area contributed by atoms with Gasteiger partial charge in [0, 0.05) is 49.7 Å². The Labute approximate surface area is 267 Å². The number of Topliss-reactive ketones (excluding diaryl/α,β-unsaturated/α-hetero) is 2. The molecule has 0 spiro atoms. The number of carbonyl (C=O) groups excluding carboxylic acids is 5. The molecule has 250 valence electrons. The molecular formula is C32H34FN3O11. The molecule has 5 rings (SSSR count). The van der Waals surface area contributed by atoms with Gasteiger partial charge in [0.2, 0.25) is 11.6 Å². The first-order valence-corrected chi connectivity index (χ1v) is 15.1. The third-order valence-corrected chi connectivity index (χ3v) is 8.74. The van der Waals surface area contributed by atoms with Gasteiger partial charge in [-0.15, -0.1) is 0 Å². The Kier molecular flexibility index (Phi) is 10.5. The summed E-state index contributed by atoms with van der Waals surface area (Å²) in [5.41, 5.74) is 0.643. The monoisotopic (exact) mass is 655 g/mol. The van der Waals surface area contributed by atoms with Crippen molar-refractivity contribution in [3.8, 4) is 5.75 Å². The standard InChI is InChI=1S/C32H34FN3O11/c33-22-3-1-19(2-4-22)13-20-5-9-34(10-6-20)30(41)24-14-23-25(16-36(32(43)46-18-38)26(23)15-27(24)47-44)29(40)28(39)21-7-11-35(12-8-21)31(42)45-17-37/h1-4,14-16,20-21,37-38,44H,5-13,17-18H2. The molecule has 0 atom stereocenters. The van der Waals surface area contributed by atoms with Gasteiger partial charge in [-0.05, 0) is 61.8 Å². The Morgan fingerprint density at radius 2 is 1.43 bits per heavy atom. The fourth-order valence-electron chi connectivity index (χ4n) is 6.20. The zero-order valence-corrected chi connectivity index (χ0v) is 25.3. The van der Waals surface area contributed by atoms with Crippen molar-refractivity contribution in [3.63, 3.8) is 0 Å². The highest BCUT2D eigenvalue weighted by molar-refractivity contribution is 6.46. The highest BCUT2D eigenvalue weighted by atomic mass is 19.1. The molecule has 47 heavy (non-hydrogen) atoms. The molecule has 0 unspecified atom stereocenters. The van der Waals surface area contributed by atoms with Crippen LogP contribution in [-0.2, 0) is 20.7 Å². The van der Waals surface area contributed by atoms with E-state index in [1.165, 1.54) is 23.1 Å². The summed E-state index contributed by atoms with van der Waals surface area (Å²) in [4.78, 5) is 72.7. The number of hydrogen-bond donors (Lipinski definition) is 3. The Bertz CT molecular complexity index is 1660. The van der Waals surface area contributed by atoms with Crippen LogP contribution in [0.3, 0.4) is 0 Å². The Hall–Kier alpha value is -4.86. The highest BCUT2D eigenvalue weighted by Gasteiger charge is 2.35. The van der Waals surface area contributed by atoms with Crippen molar-refractivity contribution in [1.82, 2.24) is 14.4 Å². The van der Waals surface area contributed by atoms with Crippen LogP contribution in [0.2, 0.25) is 0 Å². The number of halogens is 1. The van der Waals surface area contributed by atoms with Gasteiger partial charge in [0.25, 0.3) is 5.91 Å². The molecule has 15 heteroatoms. The molecule has 0 aliphatic carbocycles. The van der Waals surface area contributed by atoms with Gasteiger partial charge in [-0.2, -0.15) is 0 Å². The molecule has 3 N–H and O–H groups in total. The van der Waals surface area contributed by atoms with Gasteiger partial charge in [-0.25, -0.2) is 19.2 Å². The minimum atomic E-state index is -1.09. The van der Waals surface area contributed by atoms with Gasteiger partial charge in [0.15, 0.2) is 19.3 Å². The number of rotatable bonds is 9. The van der Waals surface area contributed by atoms with Crippen molar-refractivity contribution < 1.29 is 58.2 Å². The van der Waals surface area contributed by atoms with Crippen LogP contribution >= 0.6 is 0 Å². The Balaban J connectivity index is 1.39. The number of aliphatic hydroxyl groups excluding tert-OH is 2. The molecule has 3 heterocycles. The number of benzene rings is 2. The molecule has 14 nitrogen and oxygen atoms in total. The van der Waals surface area contributed by atoms with E-state index in [0.717, 1.165) is 28.8 Å². The number of nitrogens with zero attached hydrogens (tertiary/aromatic N) is 3. The van der Waals surface area contributed by atoms with Crippen LogP contribution in [0.4, 0.5) is 14.0 Å². The van der Waals surface area contributed by atoms with E-state index in [-0.39, 0.29) is 65.4 Å². The second-order valence-electron chi connectivity index (χ2n) is 11.5. The summed E-state index contributed by atoms with van der Waals surface area (Å²) in [6.45, 7) is -0.775. The van der Waals surface area contributed by atoms with Gasteiger partial charge in [0.1, 0.15) is 5.82 Å². The average Bonchev–Trinajstić information content (AvgIpc) is 3.47. The Morgan fingerprint density at radius 3 is 2.04 bits per heavy atom. The summed E-state index contributed by atoms with van der Waals surface area (Å²) in [6, 6.07) is 8.71. The lowest BCUT2D eigenvalue weighted by Crippen LogP contribution is -2.41. The van der Waals surface area contributed by atoms with Gasteiger partial charge in [0.05, 0.1) is 16.6 Å². The summed E-state index contributed by atoms with van der Waals surface area (Å²) in [5.74, 6) is -3.33. The first-order valence-electron chi connectivity index (χ1n) is 15.1. The number of piperidine rings is 2. The number of aliphatic hydroxyl groups is 2. The number of amides is 2. The van der Waals surface area contributed by atoms with Crippen LogP contribution in [0.5, 0.6) is 5.75 Å². The minimum Gasteiger partial charge on any atom is -0.422 e. The normalized spacial score (nSPS) is 15.8. The maximum Gasteiger partial charge on any atom is 0.420 e. The third kappa shape index (κ3) is 7.26. The molecule has 0 saturated carbocycles. The fourth-order valence-corrected chi connectivity index (χ4v) is 6.20. The number of carbonyl (C=O) groups is 5. The second-order valence-corrected chi connectivity index (χ2v) is 11.5. The predicted molar refractivity (Wildman–Crippen MR) is 160 cm³/mol.